The fourth-order valence-electron chi connectivity index (χ4n) is 4.60. The van der Waals surface area contributed by atoms with Crippen molar-refractivity contribution in [3.05, 3.63) is 69.8 Å². The van der Waals surface area contributed by atoms with E-state index in [1.807, 2.05) is 0 Å². The third kappa shape index (κ3) is 6.72. The highest BCUT2D eigenvalue weighted by Crippen LogP contribution is 2.41. The van der Waals surface area contributed by atoms with Gasteiger partial charge in [-0.25, -0.2) is 0 Å². The zero-order chi connectivity index (χ0) is 37.0. The van der Waals surface area contributed by atoms with Gasteiger partial charge in [-0.2, -0.15) is 13.2 Å². The van der Waals surface area contributed by atoms with E-state index in [-0.39, 0.29) is 24.6 Å². The number of halogens is 3. The lowest BCUT2D eigenvalue weighted by Crippen LogP contribution is -2.49. The van der Waals surface area contributed by atoms with E-state index < -0.39 is 84.7 Å². The molecular formula is C29H35F3N2O3. The molecule has 0 unspecified atom stereocenters. The molecule has 2 aromatic rings. The molecular weight excluding hydrogens is 481 g/mol. The second-order valence-electron chi connectivity index (χ2n) is 9.21. The van der Waals surface area contributed by atoms with Crippen molar-refractivity contribution in [2.24, 2.45) is 11.1 Å². The monoisotopic (exact) mass is 528 g/mol. The molecule has 1 N–H and O–H groups in total. The normalized spacial score (nSPS) is 24.7. The van der Waals surface area contributed by atoms with Crippen LogP contribution in [0.3, 0.4) is 0 Å². The maximum Gasteiger partial charge on any atom is 0.416 e. The molecule has 0 atom stereocenters. The van der Waals surface area contributed by atoms with Crippen LogP contribution in [0.15, 0.2) is 41.6 Å². The molecule has 1 saturated carbocycles. The van der Waals surface area contributed by atoms with Crippen LogP contribution in [0, 0.1) is 5.92 Å². The van der Waals surface area contributed by atoms with E-state index in [4.69, 9.17) is 21.3 Å². The summed E-state index contributed by atoms with van der Waals surface area (Å²) in [7, 11) is 0. The first-order valence-corrected chi connectivity index (χ1v) is 11.9. The molecule has 0 spiro atoms. The van der Waals surface area contributed by atoms with Crippen LogP contribution in [0.1, 0.15) is 102 Å². The second-order valence-corrected chi connectivity index (χ2v) is 9.21. The van der Waals surface area contributed by atoms with E-state index in [0.29, 0.717) is 18.9 Å². The highest BCUT2D eigenvalue weighted by molar-refractivity contribution is 5.98. The van der Waals surface area contributed by atoms with Gasteiger partial charge in [-0.05, 0) is 71.9 Å². The largest absolute Gasteiger partial charge is 0.481 e. The Balaban J connectivity index is 1.77. The molecule has 37 heavy (non-hydrogen) atoms. The smallest absolute Gasteiger partial charge is 0.416 e. The quantitative estimate of drug-likeness (QED) is 0.288. The minimum atomic E-state index is -4.83. The Hall–Kier alpha value is -2.87. The number of aryl methyl sites for hydroxylation is 1. The fraction of sp³-hybridized carbons (Fsp3) is 0.517. The summed E-state index contributed by atoms with van der Waals surface area (Å²) in [5.74, 6) is -2.48. The number of oxime groups is 1. The predicted molar refractivity (Wildman–Crippen MR) is 136 cm³/mol. The Morgan fingerprint density at radius 1 is 1.16 bits per heavy atom. The Morgan fingerprint density at radius 3 is 2.62 bits per heavy atom. The highest BCUT2D eigenvalue weighted by Gasteiger charge is 2.36. The minimum Gasteiger partial charge on any atom is -0.481 e. The lowest BCUT2D eigenvalue weighted by atomic mass is 9.81. The molecule has 1 aliphatic heterocycles. The van der Waals surface area contributed by atoms with Gasteiger partial charge in [0.25, 0.3) is 0 Å². The summed E-state index contributed by atoms with van der Waals surface area (Å²) in [6, 6.07) is 5.52. The molecule has 1 heterocycles. The van der Waals surface area contributed by atoms with Crippen molar-refractivity contribution >= 4 is 11.7 Å². The Bertz CT molecular complexity index is 1580. The summed E-state index contributed by atoms with van der Waals surface area (Å²) in [5, 5.41) is 12.7. The second kappa shape index (κ2) is 11.7. The molecule has 2 fully saturated rings. The zero-order valence-electron chi connectivity index (χ0n) is 31.9. The molecule has 8 heteroatoms. The van der Waals surface area contributed by atoms with Gasteiger partial charge in [-0.1, -0.05) is 55.5 Å². The fourth-order valence-corrected chi connectivity index (χ4v) is 4.60. The van der Waals surface area contributed by atoms with Gasteiger partial charge in [0.2, 0.25) is 0 Å². The molecule has 0 aromatic heterocycles. The van der Waals surface area contributed by atoms with E-state index >= 15 is 0 Å². The number of hydrogen-bond acceptors (Lipinski definition) is 4. The van der Waals surface area contributed by atoms with Crippen molar-refractivity contribution in [3.8, 4) is 0 Å². The predicted octanol–water partition coefficient (Wildman–Crippen LogP) is 6.77. The van der Waals surface area contributed by atoms with Gasteiger partial charge in [0.1, 0.15) is 6.56 Å². The standard InChI is InChI=1S/C29H35F3N2O3/c1-3-21-14-23(10-11-24(21)15-34-16-25(17-34)28(35)36)19(2)33-37-18-20-9-12-26(22-7-5-4-6-8-22)27(13-20)29(30,31)32/h9-14,22,25H,3-8,15-18H2,1-2H3,(H,35,36)/b33-19-/i1D3,2D3,3D2,15D2,18D2. The summed E-state index contributed by atoms with van der Waals surface area (Å²) >= 11 is 0. The number of carboxylic acids is 1. The summed E-state index contributed by atoms with van der Waals surface area (Å²) < 4.78 is 141. The Labute approximate surface area is 233 Å². The van der Waals surface area contributed by atoms with Crippen molar-refractivity contribution < 1.29 is 44.4 Å². The van der Waals surface area contributed by atoms with E-state index in [0.717, 1.165) is 48.4 Å². The maximum absolute atomic E-state index is 14.1. The first-order chi connectivity index (χ1) is 22.3. The molecule has 0 bridgehead atoms. The van der Waals surface area contributed by atoms with Crippen LogP contribution in [0.25, 0.3) is 0 Å². The number of nitrogens with zero attached hydrogens (tertiary/aromatic N) is 2. The van der Waals surface area contributed by atoms with E-state index in [2.05, 4.69) is 5.16 Å². The third-order valence-electron chi connectivity index (χ3n) is 6.64. The van der Waals surface area contributed by atoms with Crippen LogP contribution >= 0.6 is 0 Å². The van der Waals surface area contributed by atoms with Crippen molar-refractivity contribution in [2.45, 2.75) is 77.3 Å². The van der Waals surface area contributed by atoms with Crippen LogP contribution in [0.4, 0.5) is 13.2 Å². The zero-order valence-corrected chi connectivity index (χ0v) is 19.9. The van der Waals surface area contributed by atoms with E-state index in [9.17, 15) is 23.1 Å². The van der Waals surface area contributed by atoms with Crippen molar-refractivity contribution in [2.75, 3.05) is 13.1 Å². The van der Waals surface area contributed by atoms with Gasteiger partial charge in [-0.3, -0.25) is 9.69 Å². The number of benzene rings is 2. The highest BCUT2D eigenvalue weighted by atomic mass is 19.4. The molecule has 0 radical (unpaired) electrons. The van der Waals surface area contributed by atoms with E-state index in [1.54, 1.807) is 0 Å². The number of carboxylic acid groups (broad SMARTS) is 1. The average Bonchev–Trinajstić information content (AvgIpc) is 2.94. The average molecular weight is 529 g/mol. The maximum atomic E-state index is 14.1. The molecule has 2 aromatic carbocycles. The Morgan fingerprint density at radius 2 is 1.95 bits per heavy atom. The van der Waals surface area contributed by atoms with Crippen molar-refractivity contribution in [3.63, 3.8) is 0 Å². The molecule has 1 aliphatic carbocycles. The molecule has 5 nitrogen and oxygen atoms in total. The summed E-state index contributed by atoms with van der Waals surface area (Å²) in [4.78, 5) is 17.3. The summed E-state index contributed by atoms with van der Waals surface area (Å²) in [5.41, 5.74) is -4.49. The summed E-state index contributed by atoms with van der Waals surface area (Å²) in [6.07, 6.45) is -4.62. The minimum absolute atomic E-state index is 0.0196. The van der Waals surface area contributed by atoms with Crippen LogP contribution in [-0.4, -0.2) is 34.8 Å². The number of alkyl halides is 3. The van der Waals surface area contributed by atoms with Crippen LogP contribution in [-0.2, 0) is 35.2 Å². The Kier molecular flexibility index (Phi) is 4.90. The van der Waals surface area contributed by atoms with Crippen molar-refractivity contribution in [1.29, 1.82) is 0 Å². The molecule has 4 rings (SSSR count). The molecule has 0 amide bonds. The van der Waals surface area contributed by atoms with Gasteiger partial charge in [0.05, 0.1) is 19.9 Å². The van der Waals surface area contributed by atoms with Crippen LogP contribution in [0.2, 0.25) is 0 Å². The lowest BCUT2D eigenvalue weighted by molar-refractivity contribution is -0.147. The number of carbonyl (C=O) groups is 1. The lowest BCUT2D eigenvalue weighted by Gasteiger charge is -2.37. The third-order valence-corrected chi connectivity index (χ3v) is 6.64. The van der Waals surface area contributed by atoms with Gasteiger partial charge in [0.15, 0.2) is 0 Å². The molecule has 1 saturated heterocycles. The SMILES string of the molecule is [2H]C([2H])([2H])/C(=N/OC([2H])([2H])c1ccc(C2CCCCC2)c(C(F)(F)F)c1)c1ccc(C([2H])([2H])N2CC(C(=O)O)C2)c(C([2H])([2H])C([2H])([2H])[2H])c1. The first kappa shape index (κ1) is 15.5. The van der Waals surface area contributed by atoms with Gasteiger partial charge < -0.3 is 9.94 Å². The van der Waals surface area contributed by atoms with Gasteiger partial charge >= 0.3 is 12.1 Å². The summed E-state index contributed by atoms with van der Waals surface area (Å²) in [6.45, 7) is -12.9. The van der Waals surface area contributed by atoms with Gasteiger partial charge in [-0.15, -0.1) is 0 Å². The topological polar surface area (TPSA) is 62.1 Å². The van der Waals surface area contributed by atoms with Gasteiger partial charge in [0, 0.05) is 33.3 Å². The van der Waals surface area contributed by atoms with Crippen LogP contribution < -0.4 is 0 Å². The number of hydrogen-bond donors (Lipinski definition) is 1. The van der Waals surface area contributed by atoms with Crippen LogP contribution in [0.5, 0.6) is 0 Å². The number of likely N-dealkylation sites (tertiary alicyclic amines) is 1. The molecule has 2 aliphatic rings. The van der Waals surface area contributed by atoms with E-state index in [1.165, 1.54) is 6.07 Å². The molecule has 200 valence electrons. The first-order valence-electron chi connectivity index (χ1n) is 17.9. The number of rotatable bonds is 9. The van der Waals surface area contributed by atoms with Crippen molar-refractivity contribution in [1.82, 2.24) is 4.90 Å². The number of aliphatic carboxylic acids is 1.